The van der Waals surface area contributed by atoms with Gasteiger partial charge in [0.25, 0.3) is 0 Å². The highest BCUT2D eigenvalue weighted by Gasteiger charge is 2.26. The first-order valence-corrected chi connectivity index (χ1v) is 9.55. The number of carbonyl (C=O) groups excluding carboxylic acids is 2. The van der Waals surface area contributed by atoms with Gasteiger partial charge < -0.3 is 15.5 Å². The highest BCUT2D eigenvalue weighted by molar-refractivity contribution is 5.85. The quantitative estimate of drug-likeness (QED) is 0.796. The van der Waals surface area contributed by atoms with Crippen LogP contribution in [0, 0.1) is 5.92 Å². The van der Waals surface area contributed by atoms with E-state index in [1.54, 1.807) is 0 Å². The van der Waals surface area contributed by atoms with Crippen molar-refractivity contribution in [1.82, 2.24) is 15.5 Å². The molecule has 144 valence electrons. The summed E-state index contributed by atoms with van der Waals surface area (Å²) in [6.07, 6.45) is 5.48. The molecule has 5 nitrogen and oxygen atoms in total. The number of likely N-dealkylation sites (tertiary alicyclic amines) is 1. The molecule has 0 saturated carbocycles. The average Bonchev–Trinajstić information content (AvgIpc) is 3.20. The summed E-state index contributed by atoms with van der Waals surface area (Å²) in [7, 11) is 0. The van der Waals surface area contributed by atoms with Gasteiger partial charge in [-0.15, -0.1) is 12.4 Å². The number of hydrogen-bond donors (Lipinski definition) is 2. The van der Waals surface area contributed by atoms with Gasteiger partial charge in [-0.3, -0.25) is 9.59 Å². The largest absolute Gasteiger partial charge is 0.354 e. The summed E-state index contributed by atoms with van der Waals surface area (Å²) in [6.45, 7) is 3.24. The van der Waals surface area contributed by atoms with E-state index in [0.29, 0.717) is 18.9 Å². The molecule has 0 radical (unpaired) electrons. The number of benzene rings is 1. The van der Waals surface area contributed by atoms with Crippen molar-refractivity contribution >= 4 is 24.2 Å². The highest BCUT2D eigenvalue weighted by Crippen LogP contribution is 2.17. The maximum atomic E-state index is 12.5. The Morgan fingerprint density at radius 3 is 2.69 bits per heavy atom. The molecule has 2 heterocycles. The zero-order chi connectivity index (χ0) is 17.5. The normalized spacial score (nSPS) is 22.5. The summed E-state index contributed by atoms with van der Waals surface area (Å²) in [6, 6.07) is 10.1. The summed E-state index contributed by atoms with van der Waals surface area (Å²) in [5, 5.41) is 6.30. The Morgan fingerprint density at radius 2 is 1.96 bits per heavy atom. The number of piperidine rings is 1. The van der Waals surface area contributed by atoms with Crippen LogP contribution in [0.3, 0.4) is 0 Å². The third-order valence-electron chi connectivity index (χ3n) is 5.28. The van der Waals surface area contributed by atoms with Crippen LogP contribution in [-0.4, -0.2) is 48.9 Å². The van der Waals surface area contributed by atoms with Crippen LogP contribution in [0.25, 0.3) is 0 Å². The van der Waals surface area contributed by atoms with Gasteiger partial charge in [0, 0.05) is 26.1 Å². The molecular weight excluding hydrogens is 350 g/mol. The predicted octanol–water partition coefficient (Wildman–Crippen LogP) is 2.15. The minimum atomic E-state index is -0.0211. The van der Waals surface area contributed by atoms with Crippen molar-refractivity contribution < 1.29 is 9.59 Å². The van der Waals surface area contributed by atoms with E-state index >= 15 is 0 Å². The predicted molar refractivity (Wildman–Crippen MR) is 105 cm³/mol. The summed E-state index contributed by atoms with van der Waals surface area (Å²) >= 11 is 0. The van der Waals surface area contributed by atoms with Crippen LogP contribution in [0.2, 0.25) is 0 Å². The van der Waals surface area contributed by atoms with Gasteiger partial charge in [-0.2, -0.15) is 0 Å². The maximum absolute atomic E-state index is 12.5. The van der Waals surface area contributed by atoms with Crippen molar-refractivity contribution in [2.75, 3.05) is 26.2 Å². The lowest BCUT2D eigenvalue weighted by Gasteiger charge is -2.33. The van der Waals surface area contributed by atoms with Gasteiger partial charge in [-0.05, 0) is 50.1 Å². The van der Waals surface area contributed by atoms with E-state index < -0.39 is 0 Å². The fraction of sp³-hybridized carbons (Fsp3) is 0.600. The van der Waals surface area contributed by atoms with Crippen LogP contribution in [0.15, 0.2) is 30.3 Å². The average molecular weight is 380 g/mol. The molecule has 2 N–H and O–H groups in total. The fourth-order valence-electron chi connectivity index (χ4n) is 3.79. The Labute approximate surface area is 162 Å². The molecule has 2 aliphatic heterocycles. The molecule has 2 atom stereocenters. The van der Waals surface area contributed by atoms with Crippen molar-refractivity contribution in [2.24, 2.45) is 5.92 Å². The lowest BCUT2D eigenvalue weighted by Crippen LogP contribution is -2.46. The van der Waals surface area contributed by atoms with Crippen molar-refractivity contribution in [2.45, 2.75) is 44.6 Å². The first-order valence-electron chi connectivity index (χ1n) is 9.55. The second-order valence-corrected chi connectivity index (χ2v) is 7.23. The minimum Gasteiger partial charge on any atom is -0.354 e. The van der Waals surface area contributed by atoms with E-state index in [9.17, 15) is 9.59 Å². The van der Waals surface area contributed by atoms with Crippen molar-refractivity contribution in [3.05, 3.63) is 35.9 Å². The molecule has 2 fully saturated rings. The van der Waals surface area contributed by atoms with E-state index in [2.05, 4.69) is 22.8 Å². The summed E-state index contributed by atoms with van der Waals surface area (Å²) in [5.41, 5.74) is 1.21. The first-order chi connectivity index (χ1) is 12.2. The van der Waals surface area contributed by atoms with Gasteiger partial charge >= 0.3 is 0 Å². The Kier molecular flexibility index (Phi) is 8.39. The lowest BCUT2D eigenvalue weighted by atomic mass is 9.97. The van der Waals surface area contributed by atoms with Gasteiger partial charge in [-0.25, -0.2) is 0 Å². The molecule has 0 aliphatic carbocycles. The van der Waals surface area contributed by atoms with Crippen molar-refractivity contribution in [3.8, 4) is 0 Å². The molecule has 2 saturated heterocycles. The highest BCUT2D eigenvalue weighted by atomic mass is 35.5. The molecule has 2 unspecified atom stereocenters. The zero-order valence-electron chi connectivity index (χ0n) is 15.3. The Morgan fingerprint density at radius 1 is 1.15 bits per heavy atom. The number of rotatable bonds is 6. The third kappa shape index (κ3) is 5.99. The number of nitrogens with zero attached hydrogens (tertiary/aromatic N) is 1. The second-order valence-electron chi connectivity index (χ2n) is 7.23. The topological polar surface area (TPSA) is 61.4 Å². The number of carbonyl (C=O) groups is 2. The van der Waals surface area contributed by atoms with Crippen LogP contribution in [0.1, 0.15) is 37.7 Å². The number of aryl methyl sites for hydroxylation is 1. The molecule has 0 spiro atoms. The summed E-state index contributed by atoms with van der Waals surface area (Å²) < 4.78 is 0. The monoisotopic (exact) mass is 379 g/mol. The van der Waals surface area contributed by atoms with Crippen molar-refractivity contribution in [1.29, 1.82) is 0 Å². The summed E-state index contributed by atoms with van der Waals surface area (Å²) in [5.74, 6) is 0.724. The molecule has 2 aliphatic rings. The van der Waals surface area contributed by atoms with Gasteiger partial charge in [0.15, 0.2) is 0 Å². The molecule has 0 bridgehead atoms. The van der Waals surface area contributed by atoms with E-state index in [1.807, 2.05) is 23.1 Å². The van der Waals surface area contributed by atoms with Crippen LogP contribution in [0.5, 0.6) is 0 Å². The summed E-state index contributed by atoms with van der Waals surface area (Å²) in [4.78, 5) is 26.6. The molecule has 6 heteroatoms. The minimum absolute atomic E-state index is 0. The van der Waals surface area contributed by atoms with Crippen LogP contribution in [-0.2, 0) is 16.0 Å². The first kappa shape index (κ1) is 20.7. The maximum Gasteiger partial charge on any atom is 0.237 e. The second kappa shape index (κ2) is 10.5. The number of amides is 2. The fourth-order valence-corrected chi connectivity index (χ4v) is 3.79. The van der Waals surface area contributed by atoms with Gasteiger partial charge in [-0.1, -0.05) is 30.3 Å². The zero-order valence-corrected chi connectivity index (χ0v) is 16.1. The molecule has 3 rings (SSSR count). The molecular formula is C20H30ClN3O2. The number of nitrogens with one attached hydrogen (secondary N) is 2. The van der Waals surface area contributed by atoms with Gasteiger partial charge in [0.2, 0.25) is 11.8 Å². The van der Waals surface area contributed by atoms with Crippen LogP contribution >= 0.6 is 12.4 Å². The van der Waals surface area contributed by atoms with Crippen LogP contribution in [0.4, 0.5) is 0 Å². The van der Waals surface area contributed by atoms with E-state index in [1.165, 1.54) is 5.56 Å². The SMILES string of the molecule is Cl.O=C(NCC1CCCN(C(=O)CCc2ccccc2)C1)C1CCCN1. The number of halogens is 1. The third-order valence-corrected chi connectivity index (χ3v) is 5.28. The smallest absolute Gasteiger partial charge is 0.237 e. The Hall–Kier alpha value is -1.59. The Bertz CT molecular complexity index is 576. The Balaban J connectivity index is 0.00000243. The molecule has 0 aromatic heterocycles. The standard InChI is InChI=1S/C20H29N3O2.ClH/c24-19(11-10-16-6-2-1-3-7-16)23-13-5-8-17(15-23)14-22-20(25)18-9-4-12-21-18;/h1-3,6-7,17-18,21H,4-5,8-15H2,(H,22,25);1H. The molecule has 26 heavy (non-hydrogen) atoms. The lowest BCUT2D eigenvalue weighted by molar-refractivity contribution is -0.132. The van der Waals surface area contributed by atoms with Crippen LogP contribution < -0.4 is 10.6 Å². The van der Waals surface area contributed by atoms with Crippen molar-refractivity contribution in [3.63, 3.8) is 0 Å². The molecule has 2 amide bonds. The molecule has 1 aromatic carbocycles. The van der Waals surface area contributed by atoms with E-state index in [4.69, 9.17) is 0 Å². The van der Waals surface area contributed by atoms with Gasteiger partial charge in [0.05, 0.1) is 6.04 Å². The molecule has 1 aromatic rings. The number of hydrogen-bond acceptors (Lipinski definition) is 3. The van der Waals surface area contributed by atoms with E-state index in [-0.39, 0.29) is 30.3 Å². The van der Waals surface area contributed by atoms with Gasteiger partial charge in [0.1, 0.15) is 0 Å². The van der Waals surface area contributed by atoms with E-state index in [0.717, 1.165) is 51.7 Å².